The van der Waals surface area contributed by atoms with Crippen LogP contribution in [0.25, 0.3) is 11.1 Å². The lowest BCUT2D eigenvalue weighted by Crippen LogP contribution is -2.30. The number of carbonyl (C=O) groups excluding carboxylic acids is 1. The number of hydrogen-bond acceptors (Lipinski definition) is 7. The Morgan fingerprint density at radius 1 is 0.900 bits per heavy atom. The molecule has 5 aromatic rings. The highest BCUT2D eigenvalue weighted by Crippen LogP contribution is 2.34. The number of nitrogens with zero attached hydrogens (tertiary/aromatic N) is 1. The molecule has 2 aromatic heterocycles. The molecule has 0 aliphatic heterocycles. The van der Waals surface area contributed by atoms with Gasteiger partial charge in [-0.15, -0.1) is 11.3 Å². The number of sulfonamides is 1. The summed E-state index contributed by atoms with van der Waals surface area (Å²) in [5, 5.41) is 25.8. The minimum absolute atomic E-state index is 0.0356. The molecular weight excluding hydrogens is 588 g/mol. The van der Waals surface area contributed by atoms with Crippen LogP contribution < -0.4 is 9.62 Å². The lowest BCUT2D eigenvalue weighted by molar-refractivity contribution is 0.0982. The predicted molar refractivity (Wildman–Crippen MR) is 160 cm³/mol. The fraction of sp³-hybridized carbons (Fsp3) is 0.0690. The van der Waals surface area contributed by atoms with E-state index in [0.29, 0.717) is 5.69 Å². The van der Waals surface area contributed by atoms with Gasteiger partial charge in [0.15, 0.2) is 0 Å². The molecule has 11 heteroatoms. The van der Waals surface area contributed by atoms with Crippen LogP contribution in [0.5, 0.6) is 11.5 Å². The first kappa shape index (κ1) is 27.9. The molecule has 0 saturated carbocycles. The van der Waals surface area contributed by atoms with E-state index < -0.39 is 15.9 Å². The Morgan fingerprint density at radius 2 is 1.60 bits per heavy atom. The lowest BCUT2D eigenvalue weighted by Gasteiger charge is -2.23. The van der Waals surface area contributed by atoms with Crippen LogP contribution in [0.2, 0.25) is 5.02 Å². The minimum Gasteiger partial charge on any atom is -0.507 e. The van der Waals surface area contributed by atoms with Gasteiger partial charge in [-0.05, 0) is 75.3 Å². The molecule has 1 amide bonds. The molecule has 2 heterocycles. The fourth-order valence-electron chi connectivity index (χ4n) is 4.04. The summed E-state index contributed by atoms with van der Waals surface area (Å²) in [6.45, 7) is 0.489. The van der Waals surface area contributed by atoms with E-state index in [4.69, 9.17) is 11.6 Å². The van der Waals surface area contributed by atoms with Crippen LogP contribution in [-0.4, -0.2) is 24.5 Å². The van der Waals surface area contributed by atoms with Crippen molar-refractivity contribution in [3.8, 4) is 22.6 Å². The van der Waals surface area contributed by atoms with Crippen molar-refractivity contribution >= 4 is 55.9 Å². The van der Waals surface area contributed by atoms with E-state index in [1.807, 2.05) is 46.5 Å². The summed E-state index contributed by atoms with van der Waals surface area (Å²) in [7, 11) is -3.66. The van der Waals surface area contributed by atoms with Crippen LogP contribution in [0.3, 0.4) is 0 Å². The molecule has 0 unspecified atom stereocenters. The third-order valence-electron chi connectivity index (χ3n) is 6.15. The first-order valence-electron chi connectivity index (χ1n) is 12.0. The van der Waals surface area contributed by atoms with E-state index in [9.17, 15) is 23.4 Å². The van der Waals surface area contributed by atoms with Crippen molar-refractivity contribution in [1.29, 1.82) is 0 Å². The van der Waals surface area contributed by atoms with Crippen LogP contribution in [0.1, 0.15) is 20.8 Å². The van der Waals surface area contributed by atoms with Gasteiger partial charge in [-0.25, -0.2) is 13.1 Å². The number of phenolic OH excluding ortho intramolecular Hbond substituents is 2. The van der Waals surface area contributed by atoms with Crippen LogP contribution in [0, 0.1) is 0 Å². The number of hydrogen-bond donors (Lipinski definition) is 3. The Labute approximate surface area is 244 Å². The van der Waals surface area contributed by atoms with E-state index in [1.54, 1.807) is 36.4 Å². The fourth-order valence-corrected chi connectivity index (χ4v) is 6.60. The maximum absolute atomic E-state index is 13.5. The van der Waals surface area contributed by atoms with Gasteiger partial charge in [-0.3, -0.25) is 4.79 Å². The van der Waals surface area contributed by atoms with E-state index >= 15 is 0 Å². The molecule has 0 aliphatic rings. The molecular formula is C29H23ClN2O5S3. The predicted octanol–water partition coefficient (Wildman–Crippen LogP) is 6.87. The van der Waals surface area contributed by atoms with E-state index in [0.717, 1.165) is 27.6 Å². The number of rotatable bonds is 9. The average Bonchev–Trinajstić information content (AvgIpc) is 3.67. The molecule has 204 valence electrons. The van der Waals surface area contributed by atoms with Crippen molar-refractivity contribution in [3.63, 3.8) is 0 Å². The van der Waals surface area contributed by atoms with Crippen molar-refractivity contribution in [1.82, 2.24) is 4.72 Å². The summed E-state index contributed by atoms with van der Waals surface area (Å²) >= 11 is 9.01. The van der Waals surface area contributed by atoms with Gasteiger partial charge in [0.2, 0.25) is 10.0 Å². The average molecular weight is 611 g/mol. The summed E-state index contributed by atoms with van der Waals surface area (Å²) in [5.74, 6) is -1.18. The third kappa shape index (κ3) is 6.22. The summed E-state index contributed by atoms with van der Waals surface area (Å²) in [6, 6.07) is 21.8. The van der Waals surface area contributed by atoms with Gasteiger partial charge >= 0.3 is 0 Å². The zero-order chi connectivity index (χ0) is 28.3. The van der Waals surface area contributed by atoms with Gasteiger partial charge in [0.1, 0.15) is 11.5 Å². The van der Waals surface area contributed by atoms with Crippen LogP contribution in [-0.2, 0) is 23.1 Å². The SMILES string of the molecule is O=C(c1cc(Cl)c(O)cc1O)N(Cc1ccsc1)c1ccc(-c2ccc(S(=O)(=O)NCc3cccs3)cc2)cc1. The third-order valence-corrected chi connectivity index (χ3v) is 9.48. The number of nitrogens with one attached hydrogen (secondary N) is 1. The Morgan fingerprint density at radius 3 is 2.23 bits per heavy atom. The summed E-state index contributed by atoms with van der Waals surface area (Å²) in [4.78, 5) is 16.2. The van der Waals surface area contributed by atoms with Crippen LogP contribution in [0.15, 0.2) is 99.9 Å². The highest BCUT2D eigenvalue weighted by molar-refractivity contribution is 7.89. The van der Waals surface area contributed by atoms with Gasteiger partial charge < -0.3 is 15.1 Å². The number of carbonyl (C=O) groups is 1. The molecule has 40 heavy (non-hydrogen) atoms. The summed E-state index contributed by atoms with van der Waals surface area (Å²) < 4.78 is 28.0. The number of thiophene rings is 2. The molecule has 0 saturated heterocycles. The molecule has 3 N–H and O–H groups in total. The molecule has 0 radical (unpaired) electrons. The van der Waals surface area contributed by atoms with Crippen molar-refractivity contribution in [3.05, 3.63) is 116 Å². The van der Waals surface area contributed by atoms with Gasteiger partial charge in [0, 0.05) is 23.2 Å². The second-order valence-corrected chi connectivity index (χ2v) is 12.8. The minimum atomic E-state index is -3.66. The monoisotopic (exact) mass is 610 g/mol. The first-order valence-corrected chi connectivity index (χ1v) is 15.7. The molecule has 0 fully saturated rings. The number of halogens is 1. The maximum Gasteiger partial charge on any atom is 0.262 e. The number of benzene rings is 3. The summed E-state index contributed by atoms with van der Waals surface area (Å²) in [5.41, 5.74) is 3.10. The second-order valence-electron chi connectivity index (χ2n) is 8.82. The van der Waals surface area contributed by atoms with Crippen molar-refractivity contribution < 1.29 is 23.4 Å². The zero-order valence-electron chi connectivity index (χ0n) is 20.8. The molecule has 0 spiro atoms. The van der Waals surface area contributed by atoms with Gasteiger partial charge in [-0.2, -0.15) is 11.3 Å². The van der Waals surface area contributed by atoms with Crippen molar-refractivity contribution in [2.75, 3.05) is 4.90 Å². The van der Waals surface area contributed by atoms with Crippen molar-refractivity contribution in [2.45, 2.75) is 18.0 Å². The first-order chi connectivity index (χ1) is 19.2. The normalized spacial score (nSPS) is 11.4. The highest BCUT2D eigenvalue weighted by atomic mass is 35.5. The van der Waals surface area contributed by atoms with Crippen molar-refractivity contribution in [2.24, 2.45) is 0 Å². The second kappa shape index (κ2) is 11.8. The topological polar surface area (TPSA) is 107 Å². The van der Waals surface area contributed by atoms with Gasteiger partial charge in [0.05, 0.1) is 22.0 Å². The molecule has 5 rings (SSSR count). The number of anilines is 1. The Kier molecular flexibility index (Phi) is 8.24. The number of aromatic hydroxyl groups is 2. The Hall–Kier alpha value is -3.67. The number of amides is 1. The smallest absolute Gasteiger partial charge is 0.262 e. The van der Waals surface area contributed by atoms with Gasteiger partial charge in [0.25, 0.3) is 5.91 Å². The quantitative estimate of drug-likeness (QED) is 0.169. The summed E-state index contributed by atoms with van der Waals surface area (Å²) in [6.07, 6.45) is 0. The Bertz CT molecular complexity index is 1720. The van der Waals surface area contributed by atoms with Crippen LogP contribution >= 0.6 is 34.3 Å². The largest absolute Gasteiger partial charge is 0.507 e. The highest BCUT2D eigenvalue weighted by Gasteiger charge is 2.23. The molecule has 3 aromatic carbocycles. The van der Waals surface area contributed by atoms with E-state index in [2.05, 4.69) is 4.72 Å². The molecule has 0 atom stereocenters. The van der Waals surface area contributed by atoms with Crippen LogP contribution in [0.4, 0.5) is 5.69 Å². The van der Waals surface area contributed by atoms with E-state index in [-0.39, 0.29) is 40.1 Å². The zero-order valence-corrected chi connectivity index (χ0v) is 24.0. The lowest BCUT2D eigenvalue weighted by atomic mass is 10.0. The molecule has 7 nitrogen and oxygen atoms in total. The maximum atomic E-state index is 13.5. The molecule has 0 bridgehead atoms. The van der Waals surface area contributed by atoms with E-state index in [1.165, 1.54) is 33.6 Å². The standard InChI is InChI=1S/C29H23ClN2O5S3/c30-26-14-25(27(33)15-28(26)34)29(35)32(17-19-11-13-38-18-19)22-7-3-20(4-8-22)21-5-9-24(10-6-21)40(36,37)31-16-23-2-1-12-39-23/h1-15,18,31,33-34H,16-17H2. The Balaban J connectivity index is 1.38. The number of phenols is 2. The van der Waals surface area contributed by atoms with Gasteiger partial charge in [-0.1, -0.05) is 41.9 Å². The molecule has 0 aliphatic carbocycles.